The van der Waals surface area contributed by atoms with Gasteiger partial charge in [-0.05, 0) is 47.0 Å². The molecule has 0 aliphatic carbocycles. The molecule has 35 heavy (non-hydrogen) atoms. The predicted octanol–water partition coefficient (Wildman–Crippen LogP) is 5.48. The van der Waals surface area contributed by atoms with E-state index >= 15 is 0 Å². The number of nitrogens with zero attached hydrogens (tertiary/aromatic N) is 1. The molecule has 1 unspecified atom stereocenters. The molecule has 4 rings (SSSR count). The molecule has 0 saturated carbocycles. The van der Waals surface area contributed by atoms with Crippen molar-refractivity contribution < 1.29 is 24.2 Å². The number of fused-ring (bicyclic) bond motifs is 1. The maximum atomic E-state index is 13.2. The van der Waals surface area contributed by atoms with Gasteiger partial charge in [0.2, 0.25) is 0 Å². The van der Waals surface area contributed by atoms with Gasteiger partial charge in [0.05, 0.1) is 24.8 Å². The molecular formula is C29H31NO5. The third kappa shape index (κ3) is 5.08. The van der Waals surface area contributed by atoms with Crippen molar-refractivity contribution in [3.05, 3.63) is 83.4 Å². The molecular weight excluding hydrogens is 442 g/mol. The van der Waals surface area contributed by atoms with Crippen LogP contribution in [0.3, 0.4) is 0 Å². The van der Waals surface area contributed by atoms with Gasteiger partial charge in [-0.3, -0.25) is 9.59 Å². The van der Waals surface area contributed by atoms with E-state index in [-0.39, 0.29) is 24.5 Å². The summed E-state index contributed by atoms with van der Waals surface area (Å²) in [7, 11) is 1.55. The molecule has 3 aromatic carbocycles. The second-order valence-corrected chi connectivity index (χ2v) is 8.63. The third-order valence-corrected chi connectivity index (χ3v) is 6.34. The summed E-state index contributed by atoms with van der Waals surface area (Å²) in [4.78, 5) is 27.8. The number of aliphatic hydroxyl groups is 1. The fourth-order valence-corrected chi connectivity index (χ4v) is 4.52. The van der Waals surface area contributed by atoms with Gasteiger partial charge >= 0.3 is 0 Å². The lowest BCUT2D eigenvalue weighted by atomic mass is 9.91. The van der Waals surface area contributed by atoms with Crippen LogP contribution < -0.4 is 4.74 Å². The number of ether oxygens (including phenoxy) is 2. The van der Waals surface area contributed by atoms with Gasteiger partial charge in [0, 0.05) is 19.2 Å². The van der Waals surface area contributed by atoms with Crippen molar-refractivity contribution in [2.24, 2.45) is 0 Å². The highest BCUT2D eigenvalue weighted by atomic mass is 16.5. The van der Waals surface area contributed by atoms with E-state index in [9.17, 15) is 14.7 Å². The average Bonchev–Trinajstić information content (AvgIpc) is 3.14. The van der Waals surface area contributed by atoms with E-state index in [1.165, 1.54) is 4.90 Å². The van der Waals surface area contributed by atoms with Crippen molar-refractivity contribution in [2.45, 2.75) is 32.2 Å². The van der Waals surface area contributed by atoms with E-state index in [0.717, 1.165) is 35.6 Å². The van der Waals surface area contributed by atoms with Gasteiger partial charge in [-0.15, -0.1) is 0 Å². The Kier molecular flexibility index (Phi) is 7.83. The molecule has 1 saturated heterocycles. The molecule has 6 heteroatoms. The number of carbonyl (C=O) groups is 2. The molecule has 0 aromatic heterocycles. The van der Waals surface area contributed by atoms with E-state index in [4.69, 9.17) is 9.47 Å². The Labute approximate surface area is 205 Å². The number of hydrogen-bond acceptors (Lipinski definition) is 5. The summed E-state index contributed by atoms with van der Waals surface area (Å²) in [5, 5.41) is 13.2. The molecule has 0 spiro atoms. The Balaban J connectivity index is 1.76. The minimum atomic E-state index is -0.721. The Hall–Kier alpha value is -3.64. The SMILES string of the molecule is CCCCCOc1ccc(/C(O)=C2/C(=O)C(=O)N(CCOC)C2c2cccc3ccccc23)cc1. The number of carbonyl (C=O) groups excluding carboxylic acids is 2. The van der Waals surface area contributed by atoms with Gasteiger partial charge in [0.25, 0.3) is 11.7 Å². The summed E-state index contributed by atoms with van der Waals surface area (Å²) >= 11 is 0. The smallest absolute Gasteiger partial charge is 0.295 e. The van der Waals surface area contributed by atoms with Crippen molar-refractivity contribution in [3.63, 3.8) is 0 Å². The fraction of sp³-hybridized carbons (Fsp3) is 0.310. The van der Waals surface area contributed by atoms with Crippen molar-refractivity contribution in [1.82, 2.24) is 4.90 Å². The summed E-state index contributed by atoms with van der Waals surface area (Å²) < 4.78 is 11.0. The number of aliphatic hydroxyl groups excluding tert-OH is 1. The molecule has 0 radical (unpaired) electrons. The van der Waals surface area contributed by atoms with Crippen molar-refractivity contribution in [1.29, 1.82) is 0 Å². The number of Topliss-reactive ketones (excluding diaryl/α,β-unsaturated/α-hetero) is 1. The van der Waals surface area contributed by atoms with Crippen LogP contribution in [0.1, 0.15) is 43.4 Å². The molecule has 182 valence electrons. The number of amides is 1. The molecule has 1 fully saturated rings. The second-order valence-electron chi connectivity index (χ2n) is 8.63. The van der Waals surface area contributed by atoms with Crippen molar-refractivity contribution in [2.75, 3.05) is 26.9 Å². The van der Waals surface area contributed by atoms with Gasteiger partial charge in [0.15, 0.2) is 0 Å². The van der Waals surface area contributed by atoms with Crippen LogP contribution in [0.4, 0.5) is 0 Å². The highest BCUT2D eigenvalue weighted by Gasteiger charge is 2.46. The van der Waals surface area contributed by atoms with E-state index in [1.54, 1.807) is 31.4 Å². The Morgan fingerprint density at radius 3 is 2.43 bits per heavy atom. The topological polar surface area (TPSA) is 76.1 Å². The number of likely N-dealkylation sites (tertiary alicyclic amines) is 1. The Morgan fingerprint density at radius 2 is 1.69 bits per heavy atom. The van der Waals surface area contributed by atoms with Gasteiger partial charge in [-0.1, -0.05) is 62.2 Å². The normalized spacial score (nSPS) is 17.3. The highest BCUT2D eigenvalue weighted by molar-refractivity contribution is 6.46. The van der Waals surface area contributed by atoms with Crippen LogP contribution in [-0.4, -0.2) is 48.6 Å². The van der Waals surface area contributed by atoms with Crippen LogP contribution in [0.25, 0.3) is 16.5 Å². The average molecular weight is 474 g/mol. The molecule has 1 atom stereocenters. The summed E-state index contributed by atoms with van der Waals surface area (Å²) in [5.74, 6) is -0.837. The minimum Gasteiger partial charge on any atom is -0.507 e. The van der Waals surface area contributed by atoms with Crippen molar-refractivity contribution >= 4 is 28.2 Å². The van der Waals surface area contributed by atoms with E-state index < -0.39 is 17.7 Å². The summed E-state index contributed by atoms with van der Waals surface area (Å²) in [6.45, 7) is 3.28. The van der Waals surface area contributed by atoms with Crippen LogP contribution in [0.5, 0.6) is 5.75 Å². The number of unbranched alkanes of at least 4 members (excludes halogenated alkanes) is 2. The lowest BCUT2D eigenvalue weighted by Gasteiger charge is -2.26. The first-order valence-electron chi connectivity index (χ1n) is 12.0. The van der Waals surface area contributed by atoms with Crippen LogP contribution in [0, 0.1) is 0 Å². The summed E-state index contributed by atoms with van der Waals surface area (Å²) in [5.41, 5.74) is 1.33. The molecule has 1 N–H and O–H groups in total. The predicted molar refractivity (Wildman–Crippen MR) is 136 cm³/mol. The lowest BCUT2D eigenvalue weighted by Crippen LogP contribution is -2.32. The van der Waals surface area contributed by atoms with Crippen LogP contribution >= 0.6 is 0 Å². The molecule has 0 bridgehead atoms. The van der Waals surface area contributed by atoms with Gasteiger partial charge in [-0.2, -0.15) is 0 Å². The zero-order valence-electron chi connectivity index (χ0n) is 20.2. The Morgan fingerprint density at radius 1 is 0.943 bits per heavy atom. The number of rotatable bonds is 10. The first kappa shape index (κ1) is 24.5. The summed E-state index contributed by atoms with van der Waals surface area (Å²) in [6.07, 6.45) is 3.21. The van der Waals surface area contributed by atoms with Gasteiger partial charge in [-0.25, -0.2) is 0 Å². The monoisotopic (exact) mass is 473 g/mol. The number of hydrogen-bond donors (Lipinski definition) is 1. The zero-order valence-corrected chi connectivity index (χ0v) is 20.2. The molecule has 1 heterocycles. The van der Waals surface area contributed by atoms with Crippen LogP contribution in [0.2, 0.25) is 0 Å². The molecule has 3 aromatic rings. The minimum absolute atomic E-state index is 0.0825. The van der Waals surface area contributed by atoms with Crippen molar-refractivity contribution in [3.8, 4) is 5.75 Å². The maximum absolute atomic E-state index is 13.2. The molecule has 1 amide bonds. The third-order valence-electron chi connectivity index (χ3n) is 6.34. The standard InChI is InChI=1S/C29H31NO5/c1-3-4-7-18-35-22-15-13-21(14-16-22)27(31)25-26(30(17-19-34-2)29(33)28(25)32)24-12-8-10-20-9-5-6-11-23(20)24/h5-6,8-16,26,31H,3-4,7,17-19H2,1-2H3/b27-25-. The van der Waals surface area contributed by atoms with E-state index in [1.807, 2.05) is 42.5 Å². The number of ketones is 1. The maximum Gasteiger partial charge on any atom is 0.295 e. The lowest BCUT2D eigenvalue weighted by molar-refractivity contribution is -0.140. The number of benzene rings is 3. The summed E-state index contributed by atoms with van der Waals surface area (Å²) in [6, 6.07) is 19.9. The number of methoxy groups -OCH3 is 1. The largest absolute Gasteiger partial charge is 0.507 e. The fourth-order valence-electron chi connectivity index (χ4n) is 4.52. The highest BCUT2D eigenvalue weighted by Crippen LogP contribution is 2.41. The van der Waals surface area contributed by atoms with Crippen LogP contribution in [0.15, 0.2) is 72.3 Å². The first-order chi connectivity index (χ1) is 17.1. The Bertz CT molecular complexity index is 1230. The van der Waals surface area contributed by atoms with Gasteiger partial charge < -0.3 is 19.5 Å². The first-order valence-corrected chi connectivity index (χ1v) is 12.0. The molecule has 1 aliphatic heterocycles. The van der Waals surface area contributed by atoms with Gasteiger partial charge in [0.1, 0.15) is 11.5 Å². The van der Waals surface area contributed by atoms with Crippen LogP contribution in [-0.2, 0) is 14.3 Å². The zero-order chi connectivity index (χ0) is 24.8. The van der Waals surface area contributed by atoms with E-state index in [2.05, 4.69) is 6.92 Å². The van der Waals surface area contributed by atoms with E-state index in [0.29, 0.717) is 17.9 Å². The quantitative estimate of drug-likeness (QED) is 0.183. The molecule has 6 nitrogen and oxygen atoms in total. The molecule has 1 aliphatic rings. The second kappa shape index (κ2) is 11.2.